The SMILES string of the molecule is CCCC[NH3+].Cc1ccc(C2=C(C#N)C(C(=C=[N-])C#N)=NC2(O)c2ccc(C)s2)s1. The maximum Gasteiger partial charge on any atom is 0.221 e. The number of hydrogen-bond donors (Lipinski definition) is 2. The third-order valence-corrected chi connectivity index (χ3v) is 6.47. The van der Waals surface area contributed by atoms with Crippen LogP contribution in [0, 0.1) is 36.5 Å². The molecule has 0 bridgehead atoms. The first-order chi connectivity index (χ1) is 14.4. The van der Waals surface area contributed by atoms with E-state index in [1.807, 2.05) is 38.1 Å². The fraction of sp³-hybridized carbons (Fsp3) is 0.318. The number of aliphatic imine (C=N–C) groups is 1. The summed E-state index contributed by atoms with van der Waals surface area (Å²) in [4.78, 5) is 7.51. The number of allylic oxidation sites excluding steroid dienone is 2. The van der Waals surface area contributed by atoms with Crippen molar-refractivity contribution in [1.82, 2.24) is 0 Å². The Morgan fingerprint density at radius 2 is 1.87 bits per heavy atom. The molecular weight excluding hydrogens is 414 g/mol. The molecule has 0 saturated carbocycles. The molecule has 0 aliphatic carbocycles. The summed E-state index contributed by atoms with van der Waals surface area (Å²) in [6, 6.07) is 11.1. The molecule has 0 aromatic carbocycles. The molecule has 2 aromatic heterocycles. The highest BCUT2D eigenvalue weighted by molar-refractivity contribution is 7.13. The predicted octanol–water partition coefficient (Wildman–Crippen LogP) is 3.72. The molecule has 6 nitrogen and oxygen atoms in total. The normalized spacial score (nSPS) is 17.4. The number of thiophene rings is 2. The Bertz CT molecular complexity index is 1120. The number of quaternary nitrogens is 1. The second kappa shape index (κ2) is 10.3. The second-order valence-corrected chi connectivity index (χ2v) is 9.20. The van der Waals surface area contributed by atoms with Gasteiger partial charge in [0.2, 0.25) is 5.72 Å². The molecule has 1 aliphatic rings. The van der Waals surface area contributed by atoms with E-state index in [1.165, 1.54) is 35.5 Å². The first-order valence-electron chi connectivity index (χ1n) is 9.44. The first kappa shape index (κ1) is 23.4. The van der Waals surface area contributed by atoms with Gasteiger partial charge >= 0.3 is 0 Å². The Morgan fingerprint density at radius 1 is 1.20 bits per heavy atom. The molecule has 2 aromatic rings. The van der Waals surface area contributed by atoms with Crippen LogP contribution in [0.2, 0.25) is 0 Å². The van der Waals surface area contributed by atoms with Gasteiger partial charge in [0.25, 0.3) is 0 Å². The third-order valence-electron chi connectivity index (χ3n) is 4.36. The predicted molar refractivity (Wildman–Crippen MR) is 122 cm³/mol. The van der Waals surface area contributed by atoms with Crippen molar-refractivity contribution in [3.8, 4) is 12.1 Å². The van der Waals surface area contributed by atoms with Gasteiger partial charge in [-0.15, -0.1) is 22.7 Å². The molecule has 1 unspecified atom stereocenters. The minimum Gasteiger partial charge on any atom is -0.762 e. The van der Waals surface area contributed by atoms with Crippen molar-refractivity contribution in [3.63, 3.8) is 0 Å². The summed E-state index contributed by atoms with van der Waals surface area (Å²) in [5, 5.41) is 39.5. The van der Waals surface area contributed by atoms with E-state index in [0.29, 0.717) is 15.3 Å². The van der Waals surface area contributed by atoms with Gasteiger partial charge in [0.1, 0.15) is 17.9 Å². The largest absolute Gasteiger partial charge is 0.762 e. The van der Waals surface area contributed by atoms with Crippen LogP contribution < -0.4 is 5.73 Å². The van der Waals surface area contributed by atoms with Gasteiger partial charge in [-0.25, -0.2) is 10.9 Å². The summed E-state index contributed by atoms with van der Waals surface area (Å²) in [6.07, 6.45) is 2.56. The molecule has 154 valence electrons. The maximum atomic E-state index is 11.4. The monoisotopic (exact) mass is 437 g/mol. The standard InChI is InChI=1S/C18H11N4OS2.C4H11N/c1-10-3-5-14(24-10)16-13(9-21)17(12(7-19)8-20)22-18(16,23)15-6-4-11(2)25-15;1-2-3-4-5/h3-6,23H,1-2H3;2-5H2,1H3/q-1;/p+1. The van der Waals surface area contributed by atoms with Gasteiger partial charge in [-0.3, -0.25) is 0 Å². The number of hydrogen-bond acceptors (Lipinski definition) is 6. The molecule has 3 rings (SSSR count). The molecule has 0 fully saturated rings. The lowest BCUT2D eigenvalue weighted by Crippen LogP contribution is -2.49. The van der Waals surface area contributed by atoms with Crippen molar-refractivity contribution in [2.45, 2.75) is 39.3 Å². The van der Waals surface area contributed by atoms with Gasteiger partial charge in [0, 0.05) is 20.2 Å². The van der Waals surface area contributed by atoms with Crippen molar-refractivity contribution in [3.05, 3.63) is 60.3 Å². The lowest BCUT2D eigenvalue weighted by Gasteiger charge is -2.21. The average molecular weight is 438 g/mol. The Balaban J connectivity index is 0.000000575. The van der Waals surface area contributed by atoms with Gasteiger partial charge in [-0.2, -0.15) is 10.5 Å². The lowest BCUT2D eigenvalue weighted by atomic mass is 9.95. The Morgan fingerprint density at radius 3 is 2.27 bits per heavy atom. The van der Waals surface area contributed by atoms with E-state index in [9.17, 15) is 21.0 Å². The van der Waals surface area contributed by atoms with E-state index in [1.54, 1.807) is 18.0 Å². The Kier molecular flexibility index (Phi) is 8.02. The van der Waals surface area contributed by atoms with E-state index >= 15 is 0 Å². The molecule has 30 heavy (non-hydrogen) atoms. The van der Waals surface area contributed by atoms with Crippen LogP contribution in [0.15, 0.2) is 40.4 Å². The van der Waals surface area contributed by atoms with E-state index < -0.39 is 5.72 Å². The summed E-state index contributed by atoms with van der Waals surface area (Å²) in [7, 11) is 0. The van der Waals surface area contributed by atoms with Gasteiger partial charge in [-0.05, 0) is 44.5 Å². The first-order valence-corrected chi connectivity index (χ1v) is 11.1. The molecule has 1 atom stereocenters. The molecular formula is C22H23N5OS2. The number of aliphatic hydroxyl groups is 1. The second-order valence-electron chi connectivity index (χ2n) is 6.62. The van der Waals surface area contributed by atoms with Crippen molar-refractivity contribution in [1.29, 1.82) is 10.5 Å². The zero-order valence-electron chi connectivity index (χ0n) is 17.2. The van der Waals surface area contributed by atoms with Crippen LogP contribution in [0.3, 0.4) is 0 Å². The van der Waals surface area contributed by atoms with Crippen molar-refractivity contribution >= 4 is 39.8 Å². The average Bonchev–Trinajstić information content (AvgIpc) is 3.42. The summed E-state index contributed by atoms with van der Waals surface area (Å²) in [5.41, 5.74) is 1.94. The van der Waals surface area contributed by atoms with Crippen LogP contribution in [-0.4, -0.2) is 23.2 Å². The molecule has 0 radical (unpaired) electrons. The van der Waals surface area contributed by atoms with Gasteiger partial charge < -0.3 is 16.2 Å². The van der Waals surface area contributed by atoms with E-state index in [2.05, 4.69) is 17.6 Å². The van der Waals surface area contributed by atoms with Crippen LogP contribution in [0.4, 0.5) is 0 Å². The fourth-order valence-electron chi connectivity index (χ4n) is 2.90. The summed E-state index contributed by atoms with van der Waals surface area (Å²) in [6.45, 7) is 7.10. The molecule has 1 aliphatic heterocycles. The number of aryl methyl sites for hydroxylation is 2. The molecule has 0 spiro atoms. The minimum atomic E-state index is -1.78. The van der Waals surface area contributed by atoms with Crippen LogP contribution in [0.1, 0.15) is 39.3 Å². The Hall–Kier alpha value is -2.84. The van der Waals surface area contributed by atoms with Crippen molar-refractivity contribution in [2.75, 3.05) is 6.54 Å². The van der Waals surface area contributed by atoms with E-state index in [4.69, 9.17) is 0 Å². The maximum absolute atomic E-state index is 11.4. The van der Waals surface area contributed by atoms with Crippen LogP contribution in [0.25, 0.3) is 11.0 Å². The lowest BCUT2D eigenvalue weighted by molar-refractivity contribution is -0.368. The molecule has 3 heterocycles. The van der Waals surface area contributed by atoms with Gasteiger partial charge in [-0.1, -0.05) is 13.3 Å². The quantitative estimate of drug-likeness (QED) is 0.546. The van der Waals surface area contributed by atoms with Crippen molar-refractivity contribution in [2.24, 2.45) is 4.99 Å². The molecule has 0 amide bonds. The number of nitriles is 2. The van der Waals surface area contributed by atoms with Crippen LogP contribution in [-0.2, 0) is 5.72 Å². The van der Waals surface area contributed by atoms with Gasteiger partial charge in [0.05, 0.1) is 22.6 Å². The highest BCUT2D eigenvalue weighted by Crippen LogP contribution is 2.48. The van der Waals surface area contributed by atoms with Gasteiger partial charge in [0.15, 0.2) is 0 Å². The minimum absolute atomic E-state index is 0.0536. The zero-order valence-corrected chi connectivity index (χ0v) is 18.8. The topological polar surface area (TPSA) is 130 Å². The summed E-state index contributed by atoms with van der Waals surface area (Å²) >= 11 is 2.78. The highest BCUT2D eigenvalue weighted by atomic mass is 32.1. The highest BCUT2D eigenvalue weighted by Gasteiger charge is 2.45. The smallest absolute Gasteiger partial charge is 0.221 e. The van der Waals surface area contributed by atoms with Crippen molar-refractivity contribution < 1.29 is 10.8 Å². The van der Waals surface area contributed by atoms with E-state index in [0.717, 1.165) is 16.3 Å². The fourth-order valence-corrected chi connectivity index (χ4v) is 4.78. The van der Waals surface area contributed by atoms with Crippen LogP contribution >= 0.6 is 22.7 Å². The zero-order chi connectivity index (χ0) is 22.3. The number of unbranched alkanes of at least 4 members (excludes halogenated alkanes) is 1. The molecule has 4 N–H and O–H groups in total. The Labute approximate surface area is 184 Å². The molecule has 8 heteroatoms. The van der Waals surface area contributed by atoms with E-state index in [-0.39, 0.29) is 16.9 Å². The number of rotatable bonds is 5. The van der Waals surface area contributed by atoms with Crippen LogP contribution in [0.5, 0.6) is 0 Å². The third kappa shape index (κ3) is 4.66. The summed E-state index contributed by atoms with van der Waals surface area (Å²) < 4.78 is 0. The summed E-state index contributed by atoms with van der Waals surface area (Å²) in [5.74, 6) is 1.76. The molecule has 0 saturated heterocycles. The number of nitrogens with zero attached hydrogens (tertiary/aromatic N) is 4.